The number of piperidine rings is 1. The number of rotatable bonds is 1. The van der Waals surface area contributed by atoms with Gasteiger partial charge in [0.2, 0.25) is 0 Å². The molecule has 0 aromatic heterocycles. The van der Waals surface area contributed by atoms with Gasteiger partial charge in [-0.3, -0.25) is 4.90 Å². The Bertz CT molecular complexity index is 293. The van der Waals surface area contributed by atoms with E-state index in [4.69, 9.17) is 0 Å². The van der Waals surface area contributed by atoms with Crippen LogP contribution in [0.5, 0.6) is 0 Å². The van der Waals surface area contributed by atoms with Gasteiger partial charge in [-0.1, -0.05) is 6.92 Å². The van der Waals surface area contributed by atoms with Crippen LogP contribution in [0, 0.1) is 16.7 Å². The monoisotopic (exact) mass is 222 g/mol. The summed E-state index contributed by atoms with van der Waals surface area (Å²) in [6.07, 6.45) is 2.98. The fourth-order valence-electron chi connectivity index (χ4n) is 3.36. The second kappa shape index (κ2) is 4.04. The van der Waals surface area contributed by atoms with Crippen molar-refractivity contribution in [3.8, 4) is 6.07 Å². The predicted octanol–water partition coefficient (Wildman–Crippen LogP) is 3.58. The lowest BCUT2D eigenvalue weighted by atomic mass is 9.69. The van der Waals surface area contributed by atoms with Gasteiger partial charge in [0.15, 0.2) is 0 Å². The summed E-state index contributed by atoms with van der Waals surface area (Å²) in [7, 11) is 0. The largest absolute Gasteiger partial charge is 0.293 e. The number of likely N-dealkylation sites (tertiary alicyclic amines) is 1. The van der Waals surface area contributed by atoms with E-state index in [-0.39, 0.29) is 16.5 Å². The standard InChI is InChI=1S/C14H26N2/c1-7-14(11-15)8-9-16(12(2,3)4)13(5,6)10-14/h7-10H2,1-6H3. The molecular weight excluding hydrogens is 196 g/mol. The Kier molecular flexibility index (Phi) is 3.41. The predicted molar refractivity (Wildman–Crippen MR) is 68.1 cm³/mol. The molecule has 0 spiro atoms. The quantitative estimate of drug-likeness (QED) is 0.678. The van der Waals surface area contributed by atoms with Gasteiger partial charge in [-0.15, -0.1) is 0 Å². The summed E-state index contributed by atoms with van der Waals surface area (Å²) in [6.45, 7) is 14.5. The average Bonchev–Trinajstić information content (AvgIpc) is 2.13. The van der Waals surface area contributed by atoms with Crippen LogP contribution in [-0.2, 0) is 0 Å². The number of hydrogen-bond acceptors (Lipinski definition) is 2. The summed E-state index contributed by atoms with van der Waals surface area (Å²) in [5.41, 5.74) is 0.229. The molecule has 1 fully saturated rings. The Labute approximate surface area is 101 Å². The third-order valence-corrected chi connectivity index (χ3v) is 4.04. The van der Waals surface area contributed by atoms with Crippen LogP contribution in [-0.4, -0.2) is 22.5 Å². The van der Waals surface area contributed by atoms with Crippen LogP contribution >= 0.6 is 0 Å². The van der Waals surface area contributed by atoms with Crippen molar-refractivity contribution in [3.05, 3.63) is 0 Å². The molecule has 2 nitrogen and oxygen atoms in total. The Balaban J connectivity index is 2.94. The Hall–Kier alpha value is -0.550. The van der Waals surface area contributed by atoms with E-state index in [1.807, 2.05) is 0 Å². The van der Waals surface area contributed by atoms with Gasteiger partial charge in [0.1, 0.15) is 0 Å². The Morgan fingerprint density at radius 1 is 1.31 bits per heavy atom. The molecular formula is C14H26N2. The van der Waals surface area contributed by atoms with Gasteiger partial charge in [-0.05, 0) is 53.9 Å². The van der Waals surface area contributed by atoms with Crippen molar-refractivity contribution in [2.24, 2.45) is 5.41 Å². The molecule has 92 valence electrons. The van der Waals surface area contributed by atoms with Crippen LogP contribution in [0.25, 0.3) is 0 Å². The van der Waals surface area contributed by atoms with Crippen molar-refractivity contribution in [2.45, 2.75) is 71.9 Å². The molecule has 0 aromatic carbocycles. The third kappa shape index (κ3) is 2.40. The molecule has 0 saturated carbocycles. The zero-order valence-electron chi connectivity index (χ0n) is 11.7. The molecule has 0 N–H and O–H groups in total. The number of hydrogen-bond donors (Lipinski definition) is 0. The van der Waals surface area contributed by atoms with Gasteiger partial charge in [-0.25, -0.2) is 0 Å². The summed E-state index contributed by atoms with van der Waals surface area (Å²) in [6, 6.07) is 2.57. The summed E-state index contributed by atoms with van der Waals surface area (Å²) in [4.78, 5) is 2.55. The third-order valence-electron chi connectivity index (χ3n) is 4.04. The smallest absolute Gasteiger partial charge is 0.0690 e. The van der Waals surface area contributed by atoms with Crippen molar-refractivity contribution in [1.82, 2.24) is 4.90 Å². The first-order valence-corrected chi connectivity index (χ1v) is 6.36. The molecule has 1 rings (SSSR count). The maximum atomic E-state index is 9.39. The molecule has 0 radical (unpaired) electrons. The summed E-state index contributed by atoms with van der Waals surface area (Å²) in [5.74, 6) is 0. The molecule has 1 saturated heterocycles. The average molecular weight is 222 g/mol. The van der Waals surface area contributed by atoms with E-state index in [1.165, 1.54) is 0 Å². The van der Waals surface area contributed by atoms with Crippen LogP contribution < -0.4 is 0 Å². The highest BCUT2D eigenvalue weighted by Crippen LogP contribution is 2.44. The summed E-state index contributed by atoms with van der Waals surface area (Å²) >= 11 is 0. The molecule has 0 amide bonds. The minimum absolute atomic E-state index is 0.0920. The molecule has 16 heavy (non-hydrogen) atoms. The van der Waals surface area contributed by atoms with E-state index in [0.29, 0.717) is 0 Å². The van der Waals surface area contributed by atoms with Crippen LogP contribution in [0.15, 0.2) is 0 Å². The molecule has 0 bridgehead atoms. The molecule has 0 aliphatic carbocycles. The molecule has 2 heteroatoms. The van der Waals surface area contributed by atoms with Gasteiger partial charge < -0.3 is 0 Å². The maximum Gasteiger partial charge on any atom is 0.0690 e. The van der Waals surface area contributed by atoms with Crippen molar-refractivity contribution < 1.29 is 0 Å². The minimum Gasteiger partial charge on any atom is -0.293 e. The van der Waals surface area contributed by atoms with E-state index < -0.39 is 0 Å². The molecule has 1 atom stereocenters. The fourth-order valence-corrected chi connectivity index (χ4v) is 3.36. The lowest BCUT2D eigenvalue weighted by Crippen LogP contribution is -2.60. The van der Waals surface area contributed by atoms with Gasteiger partial charge in [0.05, 0.1) is 11.5 Å². The number of nitriles is 1. The van der Waals surface area contributed by atoms with Gasteiger partial charge in [-0.2, -0.15) is 5.26 Å². The topological polar surface area (TPSA) is 27.0 Å². The van der Waals surface area contributed by atoms with Gasteiger partial charge in [0.25, 0.3) is 0 Å². The lowest BCUT2D eigenvalue weighted by Gasteiger charge is -2.54. The van der Waals surface area contributed by atoms with Crippen LogP contribution in [0.3, 0.4) is 0 Å². The Morgan fingerprint density at radius 3 is 2.19 bits per heavy atom. The normalized spacial score (nSPS) is 31.1. The summed E-state index contributed by atoms with van der Waals surface area (Å²) in [5, 5.41) is 9.39. The van der Waals surface area contributed by atoms with Crippen molar-refractivity contribution in [1.29, 1.82) is 5.26 Å². The SMILES string of the molecule is CCC1(C#N)CCN(C(C)(C)C)C(C)(C)C1. The second-order valence-electron chi connectivity index (χ2n) is 6.81. The van der Waals surface area contributed by atoms with Gasteiger partial charge in [0, 0.05) is 17.6 Å². The van der Waals surface area contributed by atoms with Crippen LogP contribution in [0.2, 0.25) is 0 Å². The maximum absolute atomic E-state index is 9.39. The molecule has 0 aromatic rings. The number of nitrogens with zero attached hydrogens (tertiary/aromatic N) is 2. The van der Waals surface area contributed by atoms with Crippen molar-refractivity contribution in [2.75, 3.05) is 6.54 Å². The lowest BCUT2D eigenvalue weighted by molar-refractivity contribution is -0.0405. The molecule has 1 heterocycles. The summed E-state index contributed by atoms with van der Waals surface area (Å²) < 4.78 is 0. The Morgan fingerprint density at radius 2 is 1.88 bits per heavy atom. The van der Waals surface area contributed by atoms with Crippen LogP contribution in [0.1, 0.15) is 60.8 Å². The van der Waals surface area contributed by atoms with E-state index >= 15 is 0 Å². The first kappa shape index (κ1) is 13.5. The first-order chi connectivity index (χ1) is 7.17. The zero-order chi connectivity index (χ0) is 12.6. The van der Waals surface area contributed by atoms with E-state index in [0.717, 1.165) is 25.8 Å². The second-order valence-corrected chi connectivity index (χ2v) is 6.81. The van der Waals surface area contributed by atoms with E-state index in [2.05, 4.69) is 52.5 Å². The van der Waals surface area contributed by atoms with Crippen LogP contribution in [0.4, 0.5) is 0 Å². The van der Waals surface area contributed by atoms with Gasteiger partial charge >= 0.3 is 0 Å². The zero-order valence-corrected chi connectivity index (χ0v) is 11.7. The highest BCUT2D eigenvalue weighted by Gasteiger charge is 2.46. The molecule has 1 unspecified atom stereocenters. The van der Waals surface area contributed by atoms with E-state index in [9.17, 15) is 5.26 Å². The fraction of sp³-hybridized carbons (Fsp3) is 0.929. The van der Waals surface area contributed by atoms with Crippen molar-refractivity contribution in [3.63, 3.8) is 0 Å². The van der Waals surface area contributed by atoms with Crippen molar-refractivity contribution >= 4 is 0 Å². The highest BCUT2D eigenvalue weighted by molar-refractivity contribution is 5.08. The molecule has 1 aliphatic rings. The minimum atomic E-state index is -0.0920. The van der Waals surface area contributed by atoms with E-state index in [1.54, 1.807) is 0 Å². The molecule has 1 aliphatic heterocycles. The highest BCUT2D eigenvalue weighted by atomic mass is 15.3. The first-order valence-electron chi connectivity index (χ1n) is 6.36.